The Morgan fingerprint density at radius 3 is 2.50 bits per heavy atom. The van der Waals surface area contributed by atoms with Crippen LogP contribution in [-0.4, -0.2) is 34.9 Å². The van der Waals surface area contributed by atoms with Gasteiger partial charge < -0.3 is 9.84 Å². The Morgan fingerprint density at radius 2 is 2.00 bits per heavy atom. The predicted octanol–water partition coefficient (Wildman–Crippen LogP) is 3.37. The largest absolute Gasteiger partial charge is 0.444 e. The molecule has 0 spiro atoms. The summed E-state index contributed by atoms with van der Waals surface area (Å²) in [6.07, 6.45) is 6.21. The van der Waals surface area contributed by atoms with Crippen molar-refractivity contribution in [2.75, 3.05) is 13.2 Å². The minimum atomic E-state index is -0.581. The highest BCUT2D eigenvalue weighted by Gasteiger charge is 2.28. The molecule has 0 aliphatic heterocycles. The molecule has 0 saturated carbocycles. The lowest BCUT2D eigenvalue weighted by Crippen LogP contribution is -2.39. The van der Waals surface area contributed by atoms with E-state index in [9.17, 15) is 4.79 Å². The maximum Gasteiger partial charge on any atom is 0.411 e. The number of amides is 1. The maximum absolute atomic E-state index is 12.5. The lowest BCUT2D eigenvalue weighted by molar-refractivity contribution is 0.0175. The van der Waals surface area contributed by atoms with Crippen LogP contribution in [0.2, 0.25) is 0 Å². The van der Waals surface area contributed by atoms with E-state index in [1.165, 1.54) is 0 Å². The van der Waals surface area contributed by atoms with Crippen molar-refractivity contribution in [3.05, 3.63) is 35.9 Å². The highest BCUT2D eigenvalue weighted by molar-refractivity contribution is 5.69. The van der Waals surface area contributed by atoms with Crippen molar-refractivity contribution in [3.63, 3.8) is 0 Å². The third-order valence-corrected chi connectivity index (χ3v) is 3.09. The quantitative estimate of drug-likeness (QED) is 0.820. The summed E-state index contributed by atoms with van der Waals surface area (Å²) in [4.78, 5) is 14.0. The second-order valence-corrected chi connectivity index (χ2v) is 6.10. The summed E-state index contributed by atoms with van der Waals surface area (Å²) in [5.74, 6) is 2.52. The molecular formula is C18H25NO3. The molecule has 4 nitrogen and oxygen atoms in total. The van der Waals surface area contributed by atoms with Crippen LogP contribution in [0.25, 0.3) is 0 Å². The summed E-state index contributed by atoms with van der Waals surface area (Å²) >= 11 is 0. The number of hydrogen-bond acceptors (Lipinski definition) is 3. The summed E-state index contributed by atoms with van der Waals surface area (Å²) in [7, 11) is 0. The van der Waals surface area contributed by atoms with Crippen molar-refractivity contribution in [2.45, 2.75) is 45.3 Å². The minimum Gasteiger partial charge on any atom is -0.444 e. The molecule has 1 aromatic carbocycles. The zero-order valence-electron chi connectivity index (χ0n) is 13.6. The van der Waals surface area contributed by atoms with Crippen molar-refractivity contribution in [3.8, 4) is 12.3 Å². The molecule has 1 amide bonds. The van der Waals surface area contributed by atoms with Crippen molar-refractivity contribution in [2.24, 2.45) is 0 Å². The molecule has 0 aromatic heterocycles. The molecule has 0 radical (unpaired) electrons. The topological polar surface area (TPSA) is 49.8 Å². The Morgan fingerprint density at radius 1 is 1.36 bits per heavy atom. The Hall–Kier alpha value is -1.99. The third-order valence-electron chi connectivity index (χ3n) is 3.09. The number of ether oxygens (including phenoxy) is 1. The van der Waals surface area contributed by atoms with Crippen LogP contribution in [0.15, 0.2) is 30.3 Å². The molecule has 0 aliphatic rings. The average Bonchev–Trinajstić information content (AvgIpc) is 2.45. The molecule has 1 atom stereocenters. The fraction of sp³-hybridized carbons (Fsp3) is 0.500. The maximum atomic E-state index is 12.5. The van der Waals surface area contributed by atoms with E-state index >= 15 is 0 Å². The van der Waals surface area contributed by atoms with Gasteiger partial charge in [-0.25, -0.2) is 4.79 Å². The van der Waals surface area contributed by atoms with Crippen molar-refractivity contribution >= 4 is 6.09 Å². The minimum absolute atomic E-state index is 0.0710. The number of aliphatic hydroxyl groups is 1. The van der Waals surface area contributed by atoms with Gasteiger partial charge in [0.15, 0.2) is 0 Å². The molecule has 22 heavy (non-hydrogen) atoms. The number of terminal acetylenes is 1. The number of aliphatic hydroxyl groups excluding tert-OH is 1. The van der Waals surface area contributed by atoms with Crippen LogP contribution in [0, 0.1) is 12.3 Å². The van der Waals surface area contributed by atoms with Crippen LogP contribution in [0.5, 0.6) is 0 Å². The molecule has 1 rings (SSSR count). The second kappa shape index (κ2) is 8.45. The molecule has 1 N–H and O–H groups in total. The second-order valence-electron chi connectivity index (χ2n) is 6.10. The molecule has 0 saturated heterocycles. The molecule has 0 aliphatic carbocycles. The molecule has 0 bridgehead atoms. The molecular weight excluding hydrogens is 278 g/mol. The van der Waals surface area contributed by atoms with E-state index in [1.54, 1.807) is 4.90 Å². The van der Waals surface area contributed by atoms with E-state index in [1.807, 2.05) is 51.1 Å². The van der Waals surface area contributed by atoms with Crippen molar-refractivity contribution in [1.29, 1.82) is 0 Å². The van der Waals surface area contributed by atoms with Gasteiger partial charge in [0.05, 0.1) is 12.6 Å². The molecule has 0 fully saturated rings. The van der Waals surface area contributed by atoms with Crippen molar-refractivity contribution in [1.82, 2.24) is 4.90 Å². The van der Waals surface area contributed by atoms with Gasteiger partial charge in [-0.1, -0.05) is 36.3 Å². The summed E-state index contributed by atoms with van der Waals surface area (Å²) in [5, 5.41) is 9.12. The van der Waals surface area contributed by atoms with Crippen LogP contribution in [0.3, 0.4) is 0 Å². The van der Waals surface area contributed by atoms with Gasteiger partial charge in [-0.15, -0.1) is 6.42 Å². The highest BCUT2D eigenvalue weighted by atomic mass is 16.6. The van der Waals surface area contributed by atoms with Gasteiger partial charge in [0, 0.05) is 6.61 Å². The van der Waals surface area contributed by atoms with E-state index in [-0.39, 0.29) is 19.2 Å². The van der Waals surface area contributed by atoms with Crippen LogP contribution in [-0.2, 0) is 4.74 Å². The fourth-order valence-electron chi connectivity index (χ4n) is 2.18. The molecule has 4 heteroatoms. The normalized spacial score (nSPS) is 12.3. The standard InChI is InChI=1S/C18H25NO3/c1-5-13-19(17(21)22-18(2,3)4)16(12-9-14-20)15-10-7-6-8-11-15/h1,6-8,10-11,16,20H,9,12-14H2,2-4H3. The predicted molar refractivity (Wildman–Crippen MR) is 87.3 cm³/mol. The van der Waals surface area contributed by atoms with Gasteiger partial charge in [-0.05, 0) is 39.2 Å². The van der Waals surface area contributed by atoms with Gasteiger partial charge in [-0.2, -0.15) is 0 Å². The Bertz CT molecular complexity index is 499. The number of carbonyl (C=O) groups excluding carboxylic acids is 1. The summed E-state index contributed by atoms with van der Waals surface area (Å²) in [6, 6.07) is 9.46. The summed E-state index contributed by atoms with van der Waals surface area (Å²) < 4.78 is 5.46. The molecule has 1 aromatic rings. The monoisotopic (exact) mass is 303 g/mol. The van der Waals surface area contributed by atoms with E-state index < -0.39 is 11.7 Å². The summed E-state index contributed by atoms with van der Waals surface area (Å²) in [6.45, 7) is 5.71. The third kappa shape index (κ3) is 5.79. The Kier molecular flexibility index (Phi) is 6.94. The zero-order chi connectivity index (χ0) is 16.6. The first kappa shape index (κ1) is 18.1. The zero-order valence-corrected chi connectivity index (χ0v) is 13.6. The first-order valence-corrected chi connectivity index (χ1v) is 7.48. The van der Waals surface area contributed by atoms with Gasteiger partial charge >= 0.3 is 6.09 Å². The van der Waals surface area contributed by atoms with Gasteiger partial charge in [0.1, 0.15) is 5.60 Å². The highest BCUT2D eigenvalue weighted by Crippen LogP contribution is 2.27. The molecule has 0 heterocycles. The van der Waals surface area contributed by atoms with Crippen LogP contribution in [0.4, 0.5) is 4.79 Å². The lowest BCUT2D eigenvalue weighted by atomic mass is 10.0. The Labute approximate surface area is 133 Å². The number of carbonyl (C=O) groups is 1. The first-order chi connectivity index (χ1) is 10.4. The fourth-order valence-corrected chi connectivity index (χ4v) is 2.18. The van der Waals surface area contributed by atoms with Gasteiger partial charge in [0.25, 0.3) is 0 Å². The average molecular weight is 303 g/mol. The smallest absolute Gasteiger partial charge is 0.411 e. The first-order valence-electron chi connectivity index (χ1n) is 7.48. The van der Waals surface area contributed by atoms with E-state index in [0.717, 1.165) is 5.56 Å². The van der Waals surface area contributed by atoms with Crippen LogP contribution >= 0.6 is 0 Å². The number of hydrogen-bond donors (Lipinski definition) is 1. The Balaban J connectivity index is 3.04. The number of nitrogens with zero attached hydrogens (tertiary/aromatic N) is 1. The van der Waals surface area contributed by atoms with Crippen LogP contribution in [0.1, 0.15) is 45.2 Å². The summed E-state index contributed by atoms with van der Waals surface area (Å²) in [5.41, 5.74) is 0.402. The lowest BCUT2D eigenvalue weighted by Gasteiger charge is -2.32. The molecule has 1 unspecified atom stereocenters. The van der Waals surface area contributed by atoms with Gasteiger partial charge in [0.2, 0.25) is 0 Å². The van der Waals surface area contributed by atoms with Crippen molar-refractivity contribution < 1.29 is 14.6 Å². The number of benzene rings is 1. The van der Waals surface area contributed by atoms with E-state index in [2.05, 4.69) is 5.92 Å². The van der Waals surface area contributed by atoms with Crippen LogP contribution < -0.4 is 0 Å². The molecule has 120 valence electrons. The van der Waals surface area contributed by atoms with E-state index in [0.29, 0.717) is 12.8 Å². The number of rotatable bonds is 6. The SMILES string of the molecule is C#CCN(C(=O)OC(C)(C)C)C(CCCO)c1ccccc1. The van der Waals surface area contributed by atoms with E-state index in [4.69, 9.17) is 16.3 Å². The van der Waals surface area contributed by atoms with Gasteiger partial charge in [-0.3, -0.25) is 4.90 Å².